The van der Waals surface area contributed by atoms with E-state index in [0.717, 1.165) is 38.5 Å². The van der Waals surface area contributed by atoms with Crippen LogP contribution < -0.4 is 4.74 Å². The minimum atomic E-state index is -0.0810. The van der Waals surface area contributed by atoms with Crippen molar-refractivity contribution >= 4 is 23.4 Å². The van der Waals surface area contributed by atoms with E-state index in [1.807, 2.05) is 30.3 Å². The summed E-state index contributed by atoms with van der Waals surface area (Å²) in [5.41, 5.74) is 0. The van der Waals surface area contributed by atoms with E-state index >= 15 is 0 Å². The molecule has 1 heterocycles. The van der Waals surface area contributed by atoms with Crippen LogP contribution in [0.25, 0.3) is 0 Å². The van der Waals surface area contributed by atoms with Gasteiger partial charge in [0.05, 0.1) is 6.61 Å². The second kappa shape index (κ2) is 13.5. The molecule has 1 atom stereocenters. The first-order valence-electron chi connectivity index (χ1n) is 10.3. The van der Waals surface area contributed by atoms with Crippen LogP contribution in [0.3, 0.4) is 0 Å². The zero-order chi connectivity index (χ0) is 19.2. The molecule has 1 fully saturated rings. The van der Waals surface area contributed by atoms with E-state index in [9.17, 15) is 4.79 Å². The molecule has 2 rings (SSSR count). The van der Waals surface area contributed by atoms with Crippen molar-refractivity contribution in [3.8, 4) is 5.75 Å². The average molecular weight is 393 g/mol. The van der Waals surface area contributed by atoms with E-state index in [-0.39, 0.29) is 17.3 Å². The topological polar surface area (TPSA) is 44.8 Å². The first-order chi connectivity index (χ1) is 13.2. The highest BCUT2D eigenvalue weighted by molar-refractivity contribution is 7.79. The highest BCUT2D eigenvalue weighted by atomic mass is 32.1. The SMILES string of the molecule is O=C1CCCCCCCCCCC(OC(=S)Oc2ccccc2)CCCO1. The molecule has 0 amide bonds. The lowest BCUT2D eigenvalue weighted by molar-refractivity contribution is -0.144. The number of carbonyl (C=O) groups is 1. The summed E-state index contributed by atoms with van der Waals surface area (Å²) in [5.74, 6) is 0.604. The van der Waals surface area contributed by atoms with E-state index in [1.165, 1.54) is 32.1 Å². The summed E-state index contributed by atoms with van der Waals surface area (Å²) in [6.07, 6.45) is 12.5. The van der Waals surface area contributed by atoms with E-state index in [0.29, 0.717) is 18.8 Å². The summed E-state index contributed by atoms with van der Waals surface area (Å²) < 4.78 is 16.8. The van der Waals surface area contributed by atoms with Crippen LogP contribution in [0, 0.1) is 0 Å². The number of carbonyl (C=O) groups excluding carboxylic acids is 1. The molecule has 27 heavy (non-hydrogen) atoms. The molecule has 1 unspecified atom stereocenters. The summed E-state index contributed by atoms with van der Waals surface area (Å²) in [5, 5.41) is 0.164. The molecular formula is C22H32O4S. The van der Waals surface area contributed by atoms with Crippen molar-refractivity contribution in [2.45, 2.75) is 83.2 Å². The molecule has 0 spiro atoms. The predicted molar refractivity (Wildman–Crippen MR) is 111 cm³/mol. The smallest absolute Gasteiger partial charge is 0.358 e. The quantitative estimate of drug-likeness (QED) is 0.458. The number of cyclic esters (lactones) is 1. The Labute approximate surface area is 168 Å². The molecular weight excluding hydrogens is 360 g/mol. The first kappa shape index (κ1) is 21.7. The maximum Gasteiger partial charge on any atom is 0.358 e. The second-order valence-corrected chi connectivity index (χ2v) is 7.47. The molecule has 1 aliphatic heterocycles. The number of benzene rings is 1. The van der Waals surface area contributed by atoms with Crippen molar-refractivity contribution in [2.24, 2.45) is 0 Å². The molecule has 0 radical (unpaired) electrons. The third-order valence-electron chi connectivity index (χ3n) is 4.80. The van der Waals surface area contributed by atoms with Crippen molar-refractivity contribution in [2.75, 3.05) is 6.61 Å². The number of rotatable bonds is 2. The Kier molecular flexibility index (Phi) is 10.9. The van der Waals surface area contributed by atoms with Crippen molar-refractivity contribution in [1.29, 1.82) is 0 Å². The molecule has 1 aliphatic rings. The van der Waals surface area contributed by atoms with Crippen LogP contribution in [0.2, 0.25) is 0 Å². The fourth-order valence-corrected chi connectivity index (χ4v) is 3.51. The maximum atomic E-state index is 11.7. The van der Waals surface area contributed by atoms with Gasteiger partial charge in [0.25, 0.3) is 0 Å². The number of hydrogen-bond acceptors (Lipinski definition) is 5. The van der Waals surface area contributed by atoms with Crippen LogP contribution in [0.4, 0.5) is 0 Å². The van der Waals surface area contributed by atoms with Crippen LogP contribution in [-0.2, 0) is 14.3 Å². The van der Waals surface area contributed by atoms with Gasteiger partial charge in [-0.25, -0.2) is 0 Å². The Morgan fingerprint density at radius 1 is 0.889 bits per heavy atom. The minimum Gasteiger partial charge on any atom is -0.466 e. The Balaban J connectivity index is 1.79. The van der Waals surface area contributed by atoms with Crippen LogP contribution in [0.15, 0.2) is 30.3 Å². The van der Waals surface area contributed by atoms with E-state index < -0.39 is 0 Å². The summed E-state index contributed by atoms with van der Waals surface area (Å²) >= 11 is 5.27. The molecule has 4 nitrogen and oxygen atoms in total. The van der Waals surface area contributed by atoms with Gasteiger partial charge in [-0.15, -0.1) is 0 Å². The van der Waals surface area contributed by atoms with E-state index in [4.69, 9.17) is 26.4 Å². The van der Waals surface area contributed by atoms with Crippen LogP contribution in [-0.4, -0.2) is 23.9 Å². The average Bonchev–Trinajstić information content (AvgIpc) is 2.66. The highest BCUT2D eigenvalue weighted by Crippen LogP contribution is 2.18. The van der Waals surface area contributed by atoms with Gasteiger partial charge < -0.3 is 14.2 Å². The van der Waals surface area contributed by atoms with Crippen LogP contribution in [0.1, 0.15) is 77.0 Å². The molecule has 5 heteroatoms. The fourth-order valence-electron chi connectivity index (χ4n) is 3.28. The standard InChI is InChI=1S/C22H32O4S/c23-21-17-11-6-4-2-1-3-5-8-13-20(16-12-18-24-21)26-22(27)25-19-14-9-7-10-15-19/h7,9-10,14-15,20H,1-6,8,11-13,16-18H2. The second-order valence-electron chi connectivity index (χ2n) is 7.13. The first-order valence-corrected chi connectivity index (χ1v) is 10.7. The molecule has 0 saturated carbocycles. The summed E-state index contributed by atoms with van der Waals surface area (Å²) in [7, 11) is 0. The Bertz CT molecular complexity index is 547. The molecule has 1 saturated heterocycles. The number of thiocarbonyl (C=S) groups is 1. The van der Waals surface area contributed by atoms with Crippen molar-refractivity contribution in [3.05, 3.63) is 30.3 Å². The number of para-hydroxylation sites is 1. The number of esters is 1. The normalized spacial score (nSPS) is 21.0. The summed E-state index contributed by atoms with van der Waals surface area (Å²) in [4.78, 5) is 11.7. The number of ether oxygens (including phenoxy) is 3. The van der Waals surface area contributed by atoms with Gasteiger partial charge >= 0.3 is 11.2 Å². The maximum absolute atomic E-state index is 11.7. The third-order valence-corrected chi connectivity index (χ3v) is 4.98. The summed E-state index contributed by atoms with van der Waals surface area (Å²) in [6, 6.07) is 9.44. The van der Waals surface area contributed by atoms with Gasteiger partial charge in [0.15, 0.2) is 0 Å². The van der Waals surface area contributed by atoms with Crippen molar-refractivity contribution in [3.63, 3.8) is 0 Å². The van der Waals surface area contributed by atoms with Gasteiger partial charge in [-0.1, -0.05) is 56.7 Å². The highest BCUT2D eigenvalue weighted by Gasteiger charge is 2.14. The van der Waals surface area contributed by atoms with E-state index in [1.54, 1.807) is 0 Å². The molecule has 150 valence electrons. The summed E-state index contributed by atoms with van der Waals surface area (Å²) in [6.45, 7) is 0.449. The van der Waals surface area contributed by atoms with Gasteiger partial charge in [-0.05, 0) is 44.2 Å². The van der Waals surface area contributed by atoms with Crippen molar-refractivity contribution in [1.82, 2.24) is 0 Å². The zero-order valence-corrected chi connectivity index (χ0v) is 17.0. The Morgan fingerprint density at radius 3 is 2.26 bits per heavy atom. The molecule has 0 bridgehead atoms. The van der Waals surface area contributed by atoms with Gasteiger partial charge in [0, 0.05) is 18.6 Å². The van der Waals surface area contributed by atoms with Gasteiger partial charge in [0.1, 0.15) is 11.9 Å². The predicted octanol–water partition coefficient (Wildman–Crippen LogP) is 5.97. The Hall–Kier alpha value is -1.62. The lowest BCUT2D eigenvalue weighted by atomic mass is 10.0. The molecule has 1 aromatic carbocycles. The Morgan fingerprint density at radius 2 is 1.52 bits per heavy atom. The minimum absolute atomic E-state index is 0.00724. The lowest BCUT2D eigenvalue weighted by Gasteiger charge is -2.19. The molecule has 1 aromatic rings. The zero-order valence-electron chi connectivity index (χ0n) is 16.2. The van der Waals surface area contributed by atoms with Gasteiger partial charge in [-0.3, -0.25) is 4.79 Å². The van der Waals surface area contributed by atoms with E-state index in [2.05, 4.69) is 0 Å². The van der Waals surface area contributed by atoms with Crippen molar-refractivity contribution < 1.29 is 19.0 Å². The number of hydrogen-bond donors (Lipinski definition) is 0. The van der Waals surface area contributed by atoms with Gasteiger partial charge in [0.2, 0.25) is 0 Å². The fraction of sp³-hybridized carbons (Fsp3) is 0.636. The monoisotopic (exact) mass is 392 g/mol. The molecule has 0 aromatic heterocycles. The molecule has 0 aliphatic carbocycles. The largest absolute Gasteiger partial charge is 0.466 e. The molecule has 0 N–H and O–H groups in total. The third kappa shape index (κ3) is 10.3. The lowest BCUT2D eigenvalue weighted by Crippen LogP contribution is -2.21. The van der Waals surface area contributed by atoms with Gasteiger partial charge in [-0.2, -0.15) is 0 Å². The van der Waals surface area contributed by atoms with Crippen LogP contribution in [0.5, 0.6) is 5.75 Å². The van der Waals surface area contributed by atoms with Crippen LogP contribution >= 0.6 is 12.2 Å².